The van der Waals surface area contributed by atoms with Crippen LogP contribution in [0.4, 0.5) is 0 Å². The normalized spacial score (nSPS) is 12.3. The fraction of sp³-hybridized carbons (Fsp3) is 0.269. The van der Waals surface area contributed by atoms with Gasteiger partial charge in [-0.25, -0.2) is 4.98 Å². The van der Waals surface area contributed by atoms with Gasteiger partial charge in [-0.3, -0.25) is 9.59 Å². The highest BCUT2D eigenvalue weighted by atomic mass is 32.1. The molecule has 5 rings (SSSR count). The number of aryl methyl sites for hydroxylation is 2. The summed E-state index contributed by atoms with van der Waals surface area (Å²) in [6.07, 6.45) is 1.59. The summed E-state index contributed by atoms with van der Waals surface area (Å²) in [7, 11) is 0. The Hall–Kier alpha value is -3.65. The molecule has 0 aliphatic carbocycles. The molecule has 0 fully saturated rings. The first-order valence-electron chi connectivity index (χ1n) is 11.1. The fourth-order valence-corrected chi connectivity index (χ4v) is 5.18. The second-order valence-electron chi connectivity index (χ2n) is 8.17. The van der Waals surface area contributed by atoms with Crippen molar-refractivity contribution in [1.82, 2.24) is 9.55 Å². The lowest BCUT2D eigenvalue weighted by Crippen LogP contribution is -2.15. The summed E-state index contributed by atoms with van der Waals surface area (Å²) in [6.45, 7) is 3.75. The maximum Gasteiger partial charge on any atom is 0.306 e. The largest absolute Gasteiger partial charge is 0.457 e. The van der Waals surface area contributed by atoms with E-state index in [0.29, 0.717) is 29.9 Å². The molecule has 0 unspecified atom stereocenters. The third-order valence-electron chi connectivity index (χ3n) is 5.82. The molecule has 0 amide bonds. The van der Waals surface area contributed by atoms with E-state index >= 15 is 0 Å². The number of aromatic nitrogens is 2. The summed E-state index contributed by atoms with van der Waals surface area (Å²) in [5.74, 6) is 0.786. The average molecular weight is 477 g/mol. The van der Waals surface area contributed by atoms with Crippen LogP contribution >= 0.6 is 11.3 Å². The van der Waals surface area contributed by atoms with Gasteiger partial charge in [0.1, 0.15) is 0 Å². The lowest BCUT2D eigenvalue weighted by Gasteiger charge is -2.11. The van der Waals surface area contributed by atoms with Crippen molar-refractivity contribution in [2.24, 2.45) is 0 Å². The molecule has 2 aromatic carbocycles. The van der Waals surface area contributed by atoms with Crippen LogP contribution in [-0.4, -0.2) is 34.7 Å². The highest BCUT2D eigenvalue weighted by Gasteiger charge is 2.20. The average Bonchev–Trinajstić information content (AvgIpc) is 3.53. The molecule has 0 saturated carbocycles. The van der Waals surface area contributed by atoms with Gasteiger partial charge < -0.3 is 18.8 Å². The molecule has 0 N–H and O–H groups in total. The molecule has 3 heterocycles. The fourth-order valence-electron chi connectivity index (χ4n) is 4.17. The summed E-state index contributed by atoms with van der Waals surface area (Å²) in [6, 6.07) is 15.5. The number of carbonyl (C=O) groups is 2. The highest BCUT2D eigenvalue weighted by molar-refractivity contribution is 7.18. The molecule has 174 valence electrons. The number of ether oxygens (including phenoxy) is 3. The van der Waals surface area contributed by atoms with Gasteiger partial charge in [0.25, 0.3) is 0 Å². The van der Waals surface area contributed by atoms with Crippen LogP contribution in [0.2, 0.25) is 0 Å². The van der Waals surface area contributed by atoms with Gasteiger partial charge in [-0.1, -0.05) is 12.1 Å². The number of hydrogen-bond donors (Lipinski definition) is 0. The van der Waals surface area contributed by atoms with Gasteiger partial charge >= 0.3 is 5.97 Å². The topological polar surface area (TPSA) is 79.7 Å². The zero-order chi connectivity index (χ0) is 23.7. The Labute approximate surface area is 200 Å². The van der Waals surface area contributed by atoms with Crippen LogP contribution in [0.25, 0.3) is 15.9 Å². The first-order valence-corrected chi connectivity index (χ1v) is 11.9. The number of fused-ring (bicyclic) bond motifs is 2. The molecule has 0 radical (unpaired) electrons. The van der Waals surface area contributed by atoms with Crippen LogP contribution in [0.15, 0.2) is 48.5 Å². The number of ketones is 1. The van der Waals surface area contributed by atoms with Gasteiger partial charge in [-0.05, 0) is 57.0 Å². The molecule has 1 aliphatic rings. The Bertz CT molecular complexity index is 1350. The number of rotatable bonds is 8. The van der Waals surface area contributed by atoms with Gasteiger partial charge in [-0.15, -0.1) is 11.3 Å². The lowest BCUT2D eigenvalue weighted by atomic mass is 10.1. The van der Waals surface area contributed by atoms with E-state index in [0.717, 1.165) is 32.3 Å². The van der Waals surface area contributed by atoms with Crippen LogP contribution in [-0.2, 0) is 16.0 Å². The number of esters is 1. The molecule has 0 atom stereocenters. The Kier molecular flexibility index (Phi) is 6.06. The van der Waals surface area contributed by atoms with Crippen molar-refractivity contribution in [3.05, 3.63) is 70.5 Å². The van der Waals surface area contributed by atoms with E-state index in [9.17, 15) is 9.59 Å². The van der Waals surface area contributed by atoms with Crippen molar-refractivity contribution in [3.8, 4) is 17.2 Å². The molecule has 7 nitrogen and oxygen atoms in total. The van der Waals surface area contributed by atoms with E-state index in [4.69, 9.17) is 14.2 Å². The summed E-state index contributed by atoms with van der Waals surface area (Å²) >= 11 is 1.64. The molecule has 0 spiro atoms. The van der Waals surface area contributed by atoms with Gasteiger partial charge in [0.2, 0.25) is 12.6 Å². The monoisotopic (exact) mass is 476 g/mol. The SMILES string of the molecule is Cc1cc(C(=O)COC(=O)CCCc2nc3ccccc3s2)c(C)n1-c1ccc2c(c1)OCO2. The molecule has 1 aliphatic heterocycles. The number of thiazole rings is 1. The van der Waals surface area contributed by atoms with Crippen molar-refractivity contribution in [2.75, 3.05) is 13.4 Å². The summed E-state index contributed by atoms with van der Waals surface area (Å²) in [5.41, 5.74) is 4.09. The van der Waals surface area contributed by atoms with E-state index in [1.807, 2.05) is 66.9 Å². The number of Topliss-reactive ketones (excluding diaryl/α,β-unsaturated/α-hetero) is 1. The van der Waals surface area contributed by atoms with Crippen molar-refractivity contribution in [1.29, 1.82) is 0 Å². The molecular weight excluding hydrogens is 452 g/mol. The highest BCUT2D eigenvalue weighted by Crippen LogP contribution is 2.35. The molecule has 2 aromatic heterocycles. The standard InChI is InChI=1S/C26H24N2O5S/c1-16-12-19(17(2)28(16)18-10-11-22-23(13-18)33-15-32-22)21(29)14-31-26(30)9-5-8-25-27-20-6-3-4-7-24(20)34-25/h3-4,6-7,10-13H,5,8-9,14-15H2,1-2H3. The smallest absolute Gasteiger partial charge is 0.306 e. The maximum absolute atomic E-state index is 12.8. The molecule has 34 heavy (non-hydrogen) atoms. The Morgan fingerprint density at radius 1 is 1.09 bits per heavy atom. The van der Waals surface area contributed by atoms with Gasteiger partial charge in [0.15, 0.2) is 18.1 Å². The van der Waals surface area contributed by atoms with Crippen molar-refractivity contribution in [3.63, 3.8) is 0 Å². The van der Waals surface area contributed by atoms with E-state index in [1.165, 1.54) is 0 Å². The first-order chi connectivity index (χ1) is 16.5. The van der Waals surface area contributed by atoms with E-state index in [-0.39, 0.29) is 31.6 Å². The van der Waals surface area contributed by atoms with E-state index < -0.39 is 0 Å². The van der Waals surface area contributed by atoms with Crippen LogP contribution in [0.1, 0.15) is 39.6 Å². The molecule has 0 saturated heterocycles. The Morgan fingerprint density at radius 2 is 1.91 bits per heavy atom. The predicted octanol–water partition coefficient (Wildman–Crippen LogP) is 5.18. The predicted molar refractivity (Wildman–Crippen MR) is 129 cm³/mol. The van der Waals surface area contributed by atoms with Crippen molar-refractivity contribution < 1.29 is 23.8 Å². The quantitative estimate of drug-likeness (QED) is 0.257. The lowest BCUT2D eigenvalue weighted by molar-refractivity contribution is -0.142. The number of benzene rings is 2. The van der Waals surface area contributed by atoms with Gasteiger partial charge in [-0.2, -0.15) is 0 Å². The van der Waals surface area contributed by atoms with Gasteiger partial charge in [0.05, 0.1) is 15.2 Å². The number of para-hydroxylation sites is 1. The Balaban J connectivity index is 1.17. The minimum Gasteiger partial charge on any atom is -0.457 e. The second-order valence-corrected chi connectivity index (χ2v) is 9.29. The van der Waals surface area contributed by atoms with Crippen LogP contribution in [0, 0.1) is 13.8 Å². The summed E-state index contributed by atoms with van der Waals surface area (Å²) < 4.78 is 19.2. The zero-order valence-corrected chi connectivity index (χ0v) is 19.8. The molecular formula is C26H24N2O5S. The maximum atomic E-state index is 12.8. The number of hydrogen-bond acceptors (Lipinski definition) is 7. The third kappa shape index (κ3) is 4.41. The molecule has 4 aromatic rings. The summed E-state index contributed by atoms with van der Waals surface area (Å²) in [5, 5.41) is 1.00. The molecule has 0 bridgehead atoms. The first kappa shape index (κ1) is 22.2. The minimum atomic E-state index is -0.376. The van der Waals surface area contributed by atoms with E-state index in [2.05, 4.69) is 4.98 Å². The minimum absolute atomic E-state index is 0.206. The third-order valence-corrected chi connectivity index (χ3v) is 6.92. The van der Waals surface area contributed by atoms with Crippen LogP contribution in [0.3, 0.4) is 0 Å². The number of carbonyl (C=O) groups excluding carboxylic acids is 2. The van der Waals surface area contributed by atoms with Crippen molar-refractivity contribution >= 4 is 33.3 Å². The second kappa shape index (κ2) is 9.30. The van der Waals surface area contributed by atoms with Gasteiger partial charge in [0, 0.05) is 35.1 Å². The van der Waals surface area contributed by atoms with E-state index in [1.54, 1.807) is 11.3 Å². The zero-order valence-electron chi connectivity index (χ0n) is 19.0. The van der Waals surface area contributed by atoms with Crippen molar-refractivity contribution in [2.45, 2.75) is 33.1 Å². The summed E-state index contributed by atoms with van der Waals surface area (Å²) in [4.78, 5) is 29.6. The van der Waals surface area contributed by atoms with Crippen LogP contribution < -0.4 is 9.47 Å². The van der Waals surface area contributed by atoms with Crippen LogP contribution in [0.5, 0.6) is 11.5 Å². The number of nitrogens with zero attached hydrogens (tertiary/aromatic N) is 2. The Morgan fingerprint density at radius 3 is 2.76 bits per heavy atom. The molecule has 8 heteroatoms.